The Labute approximate surface area is 153 Å². The maximum atomic E-state index is 4.81. The predicted molar refractivity (Wildman–Crippen MR) is 102 cm³/mol. The minimum absolute atomic E-state index is 0.794. The number of nitrogens with zero attached hydrogens (tertiary/aromatic N) is 7. The van der Waals surface area contributed by atoms with Crippen LogP contribution in [-0.4, -0.2) is 50.9 Å². The van der Waals surface area contributed by atoms with Gasteiger partial charge in [-0.15, -0.1) is 0 Å². The van der Waals surface area contributed by atoms with Crippen LogP contribution in [0.1, 0.15) is 12.1 Å². The molecule has 4 rings (SSSR count). The van der Waals surface area contributed by atoms with Gasteiger partial charge in [-0.1, -0.05) is 0 Å². The Morgan fingerprint density at radius 2 is 1.69 bits per heavy atom. The summed E-state index contributed by atoms with van der Waals surface area (Å²) < 4.78 is 1.82. The Kier molecular flexibility index (Phi) is 4.51. The fourth-order valence-electron chi connectivity index (χ4n) is 3.43. The van der Waals surface area contributed by atoms with Crippen LogP contribution >= 0.6 is 0 Å². The van der Waals surface area contributed by atoms with Gasteiger partial charge in [0.1, 0.15) is 0 Å². The summed E-state index contributed by atoms with van der Waals surface area (Å²) in [7, 11) is 1.93. The maximum absolute atomic E-state index is 4.81. The molecule has 0 spiro atoms. The van der Waals surface area contributed by atoms with Crippen molar-refractivity contribution in [3.63, 3.8) is 0 Å². The summed E-state index contributed by atoms with van der Waals surface area (Å²) in [6, 6.07) is 6.09. The van der Waals surface area contributed by atoms with Gasteiger partial charge in [-0.2, -0.15) is 5.10 Å². The van der Waals surface area contributed by atoms with E-state index in [4.69, 9.17) is 4.98 Å². The molecule has 7 nitrogen and oxygen atoms in total. The number of hydrogen-bond donors (Lipinski definition) is 0. The number of aromatic nitrogens is 5. The summed E-state index contributed by atoms with van der Waals surface area (Å²) >= 11 is 0. The topological polar surface area (TPSA) is 63.0 Å². The zero-order valence-corrected chi connectivity index (χ0v) is 15.2. The SMILES string of the molecule is Cc1nn(C)cc1-c1ccnc(N2CCCN(c3ccncc3)CC2)n1. The van der Waals surface area contributed by atoms with E-state index in [9.17, 15) is 0 Å². The van der Waals surface area contributed by atoms with E-state index in [1.807, 2.05) is 49.5 Å². The van der Waals surface area contributed by atoms with Gasteiger partial charge in [0.05, 0.1) is 11.4 Å². The molecular weight excluding hydrogens is 326 g/mol. The van der Waals surface area contributed by atoms with E-state index in [1.54, 1.807) is 0 Å². The van der Waals surface area contributed by atoms with Gasteiger partial charge in [0.2, 0.25) is 5.95 Å². The second-order valence-electron chi connectivity index (χ2n) is 6.58. The monoisotopic (exact) mass is 349 g/mol. The van der Waals surface area contributed by atoms with Crippen LogP contribution in [0.4, 0.5) is 11.6 Å². The third-order valence-corrected chi connectivity index (χ3v) is 4.74. The van der Waals surface area contributed by atoms with E-state index in [1.165, 1.54) is 5.69 Å². The number of aryl methyl sites for hydroxylation is 2. The highest BCUT2D eigenvalue weighted by molar-refractivity contribution is 5.62. The second kappa shape index (κ2) is 7.11. The molecule has 0 unspecified atom stereocenters. The van der Waals surface area contributed by atoms with Crippen molar-refractivity contribution in [1.29, 1.82) is 0 Å². The number of pyridine rings is 1. The molecule has 0 saturated carbocycles. The van der Waals surface area contributed by atoms with Crippen molar-refractivity contribution in [2.75, 3.05) is 36.0 Å². The fourth-order valence-corrected chi connectivity index (χ4v) is 3.43. The number of hydrogen-bond acceptors (Lipinski definition) is 6. The molecule has 4 heterocycles. The smallest absolute Gasteiger partial charge is 0.225 e. The molecule has 134 valence electrons. The molecule has 0 radical (unpaired) electrons. The van der Waals surface area contributed by atoms with Crippen LogP contribution in [0.5, 0.6) is 0 Å². The maximum Gasteiger partial charge on any atom is 0.225 e. The molecule has 1 saturated heterocycles. The van der Waals surface area contributed by atoms with E-state index in [0.717, 1.165) is 55.5 Å². The van der Waals surface area contributed by atoms with Gasteiger partial charge in [-0.25, -0.2) is 9.97 Å². The summed E-state index contributed by atoms with van der Waals surface area (Å²) in [5, 5.41) is 4.42. The van der Waals surface area contributed by atoms with Crippen LogP contribution in [0.2, 0.25) is 0 Å². The molecule has 1 aliphatic heterocycles. The summed E-state index contributed by atoms with van der Waals surface area (Å²) in [5.74, 6) is 0.794. The average Bonchev–Trinajstić information content (AvgIpc) is 2.87. The van der Waals surface area contributed by atoms with Gasteiger partial charge < -0.3 is 9.80 Å². The normalized spacial score (nSPS) is 15.2. The van der Waals surface area contributed by atoms with Gasteiger partial charge in [0.25, 0.3) is 0 Å². The molecular formula is C19H23N7. The van der Waals surface area contributed by atoms with Crippen LogP contribution in [-0.2, 0) is 7.05 Å². The van der Waals surface area contributed by atoms with E-state index in [0.29, 0.717) is 0 Å². The van der Waals surface area contributed by atoms with Crippen molar-refractivity contribution in [2.24, 2.45) is 7.05 Å². The Morgan fingerprint density at radius 1 is 0.923 bits per heavy atom. The molecule has 0 aromatic carbocycles. The lowest BCUT2D eigenvalue weighted by atomic mass is 10.2. The van der Waals surface area contributed by atoms with E-state index in [2.05, 4.69) is 37.0 Å². The minimum Gasteiger partial charge on any atom is -0.370 e. The van der Waals surface area contributed by atoms with Gasteiger partial charge in [0.15, 0.2) is 0 Å². The molecule has 26 heavy (non-hydrogen) atoms. The van der Waals surface area contributed by atoms with Crippen molar-refractivity contribution in [1.82, 2.24) is 24.7 Å². The van der Waals surface area contributed by atoms with Crippen LogP contribution < -0.4 is 9.80 Å². The highest BCUT2D eigenvalue weighted by atomic mass is 15.3. The van der Waals surface area contributed by atoms with Crippen LogP contribution in [0, 0.1) is 6.92 Å². The lowest BCUT2D eigenvalue weighted by Crippen LogP contribution is -2.31. The molecule has 1 fully saturated rings. The summed E-state index contributed by atoms with van der Waals surface area (Å²) in [6.45, 7) is 5.84. The van der Waals surface area contributed by atoms with Crippen molar-refractivity contribution >= 4 is 11.6 Å². The van der Waals surface area contributed by atoms with Crippen molar-refractivity contribution in [2.45, 2.75) is 13.3 Å². The summed E-state index contributed by atoms with van der Waals surface area (Å²) in [5.41, 5.74) is 4.19. The lowest BCUT2D eigenvalue weighted by molar-refractivity contribution is 0.756. The van der Waals surface area contributed by atoms with E-state index >= 15 is 0 Å². The molecule has 1 aliphatic rings. The van der Waals surface area contributed by atoms with Gasteiger partial charge in [-0.3, -0.25) is 9.67 Å². The Bertz CT molecular complexity index is 875. The van der Waals surface area contributed by atoms with Crippen LogP contribution in [0.15, 0.2) is 43.0 Å². The first kappa shape index (κ1) is 16.5. The standard InChI is InChI=1S/C19H23N7/c1-15-17(14-24(2)23-15)18-6-9-21-19(22-18)26-11-3-10-25(12-13-26)16-4-7-20-8-5-16/h4-9,14H,3,10-13H2,1-2H3. The van der Waals surface area contributed by atoms with Crippen molar-refractivity contribution in [3.8, 4) is 11.3 Å². The Morgan fingerprint density at radius 3 is 2.46 bits per heavy atom. The molecule has 0 amide bonds. The lowest BCUT2D eigenvalue weighted by Gasteiger charge is -2.23. The fraction of sp³-hybridized carbons (Fsp3) is 0.368. The molecule has 0 aliphatic carbocycles. The first-order chi connectivity index (χ1) is 12.7. The van der Waals surface area contributed by atoms with Gasteiger partial charge in [-0.05, 0) is 31.5 Å². The van der Waals surface area contributed by atoms with Crippen molar-refractivity contribution in [3.05, 3.63) is 48.7 Å². The number of rotatable bonds is 3. The van der Waals surface area contributed by atoms with Gasteiger partial charge >= 0.3 is 0 Å². The quantitative estimate of drug-likeness (QED) is 0.723. The highest BCUT2D eigenvalue weighted by Crippen LogP contribution is 2.23. The number of anilines is 2. The first-order valence-corrected chi connectivity index (χ1v) is 8.94. The zero-order valence-electron chi connectivity index (χ0n) is 15.2. The van der Waals surface area contributed by atoms with Gasteiger partial charge in [0, 0.05) is 69.3 Å². The van der Waals surface area contributed by atoms with Crippen LogP contribution in [0.25, 0.3) is 11.3 Å². The summed E-state index contributed by atoms with van der Waals surface area (Å²) in [4.78, 5) is 18.1. The molecule has 7 heteroatoms. The molecule has 0 N–H and O–H groups in total. The zero-order chi connectivity index (χ0) is 17.9. The molecule has 3 aromatic rings. The van der Waals surface area contributed by atoms with E-state index in [-0.39, 0.29) is 0 Å². The highest BCUT2D eigenvalue weighted by Gasteiger charge is 2.18. The molecule has 0 bridgehead atoms. The largest absolute Gasteiger partial charge is 0.370 e. The molecule has 0 atom stereocenters. The Balaban J connectivity index is 1.53. The first-order valence-electron chi connectivity index (χ1n) is 8.94. The summed E-state index contributed by atoms with van der Waals surface area (Å²) in [6.07, 6.45) is 8.62. The Hall–Kier alpha value is -2.96. The van der Waals surface area contributed by atoms with Crippen molar-refractivity contribution < 1.29 is 0 Å². The molecule has 3 aromatic heterocycles. The third kappa shape index (κ3) is 3.37. The third-order valence-electron chi connectivity index (χ3n) is 4.74. The van der Waals surface area contributed by atoms with E-state index < -0.39 is 0 Å². The minimum atomic E-state index is 0.794. The average molecular weight is 349 g/mol. The second-order valence-corrected chi connectivity index (χ2v) is 6.58. The predicted octanol–water partition coefficient (Wildman–Crippen LogP) is 2.30. The van der Waals surface area contributed by atoms with Crippen LogP contribution in [0.3, 0.4) is 0 Å².